The monoisotopic (exact) mass is 346 g/mol. The summed E-state index contributed by atoms with van der Waals surface area (Å²) in [6.07, 6.45) is 1.72. The summed E-state index contributed by atoms with van der Waals surface area (Å²) in [5.41, 5.74) is 0. The van der Waals surface area contributed by atoms with Crippen LogP contribution in [0.2, 0.25) is 4.34 Å². The van der Waals surface area contributed by atoms with E-state index in [9.17, 15) is 0 Å². The van der Waals surface area contributed by atoms with Crippen LogP contribution in [0.1, 0.15) is 17.8 Å². The molecule has 18 heavy (non-hydrogen) atoms. The molecule has 0 aromatic carbocycles. The van der Waals surface area contributed by atoms with E-state index in [1.54, 1.807) is 24.6 Å². The highest BCUT2D eigenvalue weighted by atomic mass is 79.9. The third-order valence-corrected chi connectivity index (χ3v) is 4.34. The van der Waals surface area contributed by atoms with Crippen LogP contribution in [0.15, 0.2) is 22.8 Å². The summed E-state index contributed by atoms with van der Waals surface area (Å²) in [7, 11) is 1.79. The maximum atomic E-state index is 5.93. The van der Waals surface area contributed by atoms with E-state index >= 15 is 0 Å². The van der Waals surface area contributed by atoms with Crippen molar-refractivity contribution in [2.45, 2.75) is 13.0 Å². The molecule has 0 aliphatic rings. The quantitative estimate of drug-likeness (QED) is 0.871. The van der Waals surface area contributed by atoms with E-state index in [-0.39, 0.29) is 6.04 Å². The molecule has 1 atom stereocenters. The lowest BCUT2D eigenvalue weighted by atomic mass is 10.3. The lowest BCUT2D eigenvalue weighted by molar-refractivity contribution is 0.891. The Kier molecular flexibility index (Phi) is 4.42. The molecule has 0 amide bonds. The molecule has 0 fully saturated rings. The van der Waals surface area contributed by atoms with Crippen molar-refractivity contribution in [2.75, 3.05) is 17.7 Å². The second-order valence-electron chi connectivity index (χ2n) is 3.65. The Morgan fingerprint density at radius 1 is 1.44 bits per heavy atom. The molecule has 0 saturated carbocycles. The predicted molar refractivity (Wildman–Crippen MR) is 80.6 cm³/mol. The fourth-order valence-electron chi connectivity index (χ4n) is 1.43. The summed E-state index contributed by atoms with van der Waals surface area (Å²) in [6.45, 7) is 2.07. The van der Waals surface area contributed by atoms with Gasteiger partial charge in [-0.1, -0.05) is 11.6 Å². The van der Waals surface area contributed by atoms with Gasteiger partial charge in [-0.25, -0.2) is 4.98 Å². The molecule has 96 valence electrons. The molecule has 0 spiro atoms. The molecule has 2 aromatic heterocycles. The van der Waals surface area contributed by atoms with Crippen LogP contribution < -0.4 is 10.6 Å². The molecule has 7 heteroatoms. The summed E-state index contributed by atoms with van der Waals surface area (Å²) < 4.78 is 1.62. The number of nitrogens with one attached hydrogen (secondary N) is 2. The molecule has 2 rings (SSSR count). The van der Waals surface area contributed by atoms with Gasteiger partial charge in [0.05, 0.1) is 14.9 Å². The Morgan fingerprint density at radius 2 is 2.22 bits per heavy atom. The van der Waals surface area contributed by atoms with Crippen molar-refractivity contribution in [3.05, 3.63) is 32.0 Å². The van der Waals surface area contributed by atoms with Gasteiger partial charge in [-0.2, -0.15) is 4.98 Å². The van der Waals surface area contributed by atoms with E-state index in [0.29, 0.717) is 5.95 Å². The molecule has 2 heterocycles. The molecule has 2 aromatic rings. The van der Waals surface area contributed by atoms with Gasteiger partial charge in [0.2, 0.25) is 5.95 Å². The zero-order chi connectivity index (χ0) is 13.1. The third-order valence-electron chi connectivity index (χ3n) is 2.34. The number of nitrogens with zero attached hydrogens (tertiary/aromatic N) is 2. The van der Waals surface area contributed by atoms with Crippen molar-refractivity contribution in [3.63, 3.8) is 0 Å². The molecule has 0 aliphatic heterocycles. The first-order chi connectivity index (χ1) is 8.60. The SMILES string of the molecule is CNc1ncc(Br)c(NC(C)c2ccc(Cl)s2)n1. The fraction of sp³-hybridized carbons (Fsp3) is 0.273. The lowest BCUT2D eigenvalue weighted by Crippen LogP contribution is -2.08. The third kappa shape index (κ3) is 3.13. The molecule has 2 N–H and O–H groups in total. The summed E-state index contributed by atoms with van der Waals surface area (Å²) in [5, 5.41) is 6.24. The van der Waals surface area contributed by atoms with Gasteiger partial charge in [-0.05, 0) is 35.0 Å². The maximum absolute atomic E-state index is 5.93. The number of aromatic nitrogens is 2. The van der Waals surface area contributed by atoms with Crippen molar-refractivity contribution >= 4 is 50.6 Å². The van der Waals surface area contributed by atoms with Crippen molar-refractivity contribution in [1.82, 2.24) is 9.97 Å². The van der Waals surface area contributed by atoms with Crippen molar-refractivity contribution in [1.29, 1.82) is 0 Å². The average molecular weight is 348 g/mol. The highest BCUT2D eigenvalue weighted by molar-refractivity contribution is 9.10. The summed E-state index contributed by atoms with van der Waals surface area (Å²) in [5.74, 6) is 1.34. The molecular weight excluding hydrogens is 336 g/mol. The Balaban J connectivity index is 2.18. The zero-order valence-electron chi connectivity index (χ0n) is 9.87. The summed E-state index contributed by atoms with van der Waals surface area (Å²) >= 11 is 10.9. The van der Waals surface area contributed by atoms with Gasteiger partial charge in [0, 0.05) is 18.1 Å². The van der Waals surface area contributed by atoms with Gasteiger partial charge in [0.15, 0.2) is 0 Å². The van der Waals surface area contributed by atoms with Crippen LogP contribution in [0.25, 0.3) is 0 Å². The predicted octanol–water partition coefficient (Wildman–Crippen LogP) is 4.17. The zero-order valence-corrected chi connectivity index (χ0v) is 13.0. The Hall–Kier alpha value is -0.850. The topological polar surface area (TPSA) is 49.8 Å². The fourth-order valence-corrected chi connectivity index (χ4v) is 2.79. The highest BCUT2D eigenvalue weighted by Crippen LogP contribution is 2.30. The van der Waals surface area contributed by atoms with E-state index in [1.165, 1.54) is 0 Å². The minimum Gasteiger partial charge on any atom is -0.362 e. The number of anilines is 2. The van der Waals surface area contributed by atoms with Gasteiger partial charge in [0.1, 0.15) is 5.82 Å². The van der Waals surface area contributed by atoms with Crippen molar-refractivity contribution < 1.29 is 0 Å². The number of hydrogen-bond acceptors (Lipinski definition) is 5. The van der Waals surface area contributed by atoms with E-state index in [4.69, 9.17) is 11.6 Å². The Labute approximate surface area is 123 Å². The summed E-state index contributed by atoms with van der Waals surface area (Å²) in [4.78, 5) is 9.63. The van der Waals surface area contributed by atoms with Gasteiger partial charge in [-0.15, -0.1) is 11.3 Å². The molecule has 0 aliphatic carbocycles. The Bertz CT molecular complexity index is 546. The van der Waals surface area contributed by atoms with Crippen LogP contribution >= 0.6 is 38.9 Å². The smallest absolute Gasteiger partial charge is 0.224 e. The largest absolute Gasteiger partial charge is 0.362 e. The van der Waals surface area contributed by atoms with Gasteiger partial charge in [0.25, 0.3) is 0 Å². The molecule has 0 bridgehead atoms. The van der Waals surface area contributed by atoms with Crippen LogP contribution in [-0.2, 0) is 0 Å². The first kappa shape index (κ1) is 13.6. The molecule has 0 radical (unpaired) electrons. The van der Waals surface area contributed by atoms with E-state index in [0.717, 1.165) is 19.5 Å². The molecule has 4 nitrogen and oxygen atoms in total. The standard InChI is InChI=1S/C11H12BrClN4S/c1-6(8-3-4-9(13)18-8)16-10-7(12)5-15-11(14-2)17-10/h3-6H,1-2H3,(H2,14,15,16,17). The lowest BCUT2D eigenvalue weighted by Gasteiger charge is -2.14. The van der Waals surface area contributed by atoms with Gasteiger partial charge in [-0.3, -0.25) is 0 Å². The number of thiophene rings is 1. The number of halogens is 2. The molecule has 0 saturated heterocycles. The first-order valence-electron chi connectivity index (χ1n) is 5.32. The van der Waals surface area contributed by atoms with E-state index in [2.05, 4.69) is 43.5 Å². The van der Waals surface area contributed by atoms with Crippen LogP contribution in [-0.4, -0.2) is 17.0 Å². The van der Waals surface area contributed by atoms with E-state index < -0.39 is 0 Å². The molecular formula is C11H12BrClN4S. The second kappa shape index (κ2) is 5.86. The second-order valence-corrected chi connectivity index (χ2v) is 6.25. The van der Waals surface area contributed by atoms with E-state index in [1.807, 2.05) is 12.1 Å². The summed E-state index contributed by atoms with van der Waals surface area (Å²) in [6, 6.07) is 4.05. The van der Waals surface area contributed by atoms with Crippen LogP contribution in [0.4, 0.5) is 11.8 Å². The molecule has 1 unspecified atom stereocenters. The minimum absolute atomic E-state index is 0.137. The van der Waals surface area contributed by atoms with Gasteiger partial charge < -0.3 is 10.6 Å². The highest BCUT2D eigenvalue weighted by Gasteiger charge is 2.11. The van der Waals surface area contributed by atoms with Crippen molar-refractivity contribution in [2.24, 2.45) is 0 Å². The van der Waals surface area contributed by atoms with Crippen LogP contribution in [0.3, 0.4) is 0 Å². The first-order valence-corrected chi connectivity index (χ1v) is 7.31. The average Bonchev–Trinajstić information content (AvgIpc) is 2.79. The van der Waals surface area contributed by atoms with Gasteiger partial charge >= 0.3 is 0 Å². The Morgan fingerprint density at radius 3 is 2.83 bits per heavy atom. The van der Waals surface area contributed by atoms with Crippen LogP contribution in [0.5, 0.6) is 0 Å². The number of hydrogen-bond donors (Lipinski definition) is 2. The minimum atomic E-state index is 0.137. The van der Waals surface area contributed by atoms with Crippen LogP contribution in [0, 0.1) is 0 Å². The maximum Gasteiger partial charge on any atom is 0.224 e. The number of rotatable bonds is 4. The van der Waals surface area contributed by atoms with Crippen molar-refractivity contribution in [3.8, 4) is 0 Å². The normalized spacial score (nSPS) is 12.2.